The lowest BCUT2D eigenvalue weighted by Gasteiger charge is -2.27. The smallest absolute Gasteiger partial charge is 0.303 e. The van der Waals surface area contributed by atoms with Gasteiger partial charge in [0.2, 0.25) is 47.3 Å². The number of carboxylic acids is 2. The minimum atomic E-state index is -1.53. The molecule has 6 atom stereocenters. The first-order valence-corrected chi connectivity index (χ1v) is 17.9. The third-order valence-electron chi connectivity index (χ3n) is 7.56. The molecule has 54 heavy (non-hydrogen) atoms. The molecule has 22 heteroatoms. The van der Waals surface area contributed by atoms with Crippen molar-refractivity contribution >= 4 is 71.8 Å². The van der Waals surface area contributed by atoms with Crippen molar-refractivity contribution in [2.45, 2.75) is 115 Å². The van der Waals surface area contributed by atoms with Crippen LogP contribution in [0, 0.1) is 5.92 Å². The van der Waals surface area contributed by atoms with Gasteiger partial charge < -0.3 is 58.9 Å². The zero-order chi connectivity index (χ0) is 41.5. The first kappa shape index (κ1) is 49.0. The summed E-state index contributed by atoms with van der Waals surface area (Å²) in [4.78, 5) is 123. The number of rotatable bonds is 27. The van der Waals surface area contributed by atoms with Gasteiger partial charge in [0.1, 0.15) is 30.2 Å². The second-order valence-corrected chi connectivity index (χ2v) is 13.3. The van der Waals surface area contributed by atoms with Crippen LogP contribution in [0.15, 0.2) is 0 Å². The molecule has 0 aliphatic heterocycles. The molecular formula is C32H55N9O12S. The molecule has 21 nitrogen and oxygen atoms in total. The molecule has 0 aromatic heterocycles. The van der Waals surface area contributed by atoms with Crippen LogP contribution in [0.1, 0.15) is 79.1 Å². The monoisotopic (exact) mass is 789 g/mol. The van der Waals surface area contributed by atoms with E-state index in [2.05, 4.69) is 49.8 Å². The summed E-state index contributed by atoms with van der Waals surface area (Å²) in [5.74, 6) is -9.22. The fraction of sp³-hybridized carbons (Fsp3) is 0.688. The molecule has 0 aromatic carbocycles. The molecule has 0 radical (unpaired) electrons. The van der Waals surface area contributed by atoms with Crippen LogP contribution in [0.25, 0.3) is 0 Å². The van der Waals surface area contributed by atoms with E-state index in [1.165, 1.54) is 13.8 Å². The Labute approximate surface area is 318 Å². The Hall–Kier alpha value is -4.99. The van der Waals surface area contributed by atoms with Gasteiger partial charge in [0.25, 0.3) is 0 Å². The molecule has 0 rings (SSSR count). The third-order valence-corrected chi connectivity index (χ3v) is 7.92. The van der Waals surface area contributed by atoms with Gasteiger partial charge in [-0.05, 0) is 51.4 Å². The molecule has 0 aliphatic carbocycles. The van der Waals surface area contributed by atoms with Crippen molar-refractivity contribution in [1.82, 2.24) is 37.2 Å². The number of thiol groups is 1. The SMILES string of the molecule is CC(=O)NCCCC[C@H](N)C(=O)N[C@@H](CS)C(=O)N[C@@H](C)C(=O)N[C@@H](CCC(=O)O)C(=O)N[C@@H](CC(C)C)C(=O)N[C@@H](CCC(=O)O)C(=O)NCC(N)=O. The fourth-order valence-electron chi connectivity index (χ4n) is 4.65. The number of primary amides is 1. The van der Waals surface area contributed by atoms with Crippen LogP contribution < -0.4 is 48.7 Å². The molecule has 8 amide bonds. The molecule has 0 heterocycles. The Morgan fingerprint density at radius 1 is 0.611 bits per heavy atom. The maximum absolute atomic E-state index is 13.4. The van der Waals surface area contributed by atoms with Crippen LogP contribution in [0.3, 0.4) is 0 Å². The number of carbonyl (C=O) groups is 10. The summed E-state index contributed by atoms with van der Waals surface area (Å²) in [6, 6.07) is -7.81. The normalized spacial score (nSPS) is 14.1. The van der Waals surface area contributed by atoms with Crippen molar-refractivity contribution in [2.24, 2.45) is 17.4 Å². The van der Waals surface area contributed by atoms with Crippen molar-refractivity contribution in [1.29, 1.82) is 0 Å². The summed E-state index contributed by atoms with van der Waals surface area (Å²) in [6.45, 7) is 5.90. The number of carbonyl (C=O) groups excluding carboxylic acids is 8. The number of nitrogens with two attached hydrogens (primary N) is 2. The van der Waals surface area contributed by atoms with E-state index in [-0.39, 0.29) is 36.8 Å². The molecule has 0 aliphatic rings. The predicted molar refractivity (Wildman–Crippen MR) is 195 cm³/mol. The molecular weight excluding hydrogens is 734 g/mol. The van der Waals surface area contributed by atoms with E-state index in [4.69, 9.17) is 16.6 Å². The number of carboxylic acid groups (broad SMARTS) is 2. The Kier molecular flexibility index (Phi) is 23.5. The van der Waals surface area contributed by atoms with Crippen molar-refractivity contribution in [3.05, 3.63) is 0 Å². The van der Waals surface area contributed by atoms with Gasteiger partial charge >= 0.3 is 11.9 Å². The first-order valence-electron chi connectivity index (χ1n) is 17.3. The lowest BCUT2D eigenvalue weighted by molar-refractivity contribution is -0.138. The average Bonchev–Trinajstić information content (AvgIpc) is 3.07. The van der Waals surface area contributed by atoms with Crippen molar-refractivity contribution < 1.29 is 58.2 Å². The molecule has 0 aromatic rings. The summed E-state index contributed by atoms with van der Waals surface area (Å²) >= 11 is 4.10. The highest BCUT2D eigenvalue weighted by Gasteiger charge is 2.32. The molecule has 0 unspecified atom stereocenters. The fourth-order valence-corrected chi connectivity index (χ4v) is 4.91. The van der Waals surface area contributed by atoms with E-state index in [1.54, 1.807) is 13.8 Å². The number of unbranched alkanes of at least 4 members (excludes halogenated alkanes) is 1. The minimum Gasteiger partial charge on any atom is -0.481 e. The average molecular weight is 790 g/mol. The lowest BCUT2D eigenvalue weighted by atomic mass is 10.0. The van der Waals surface area contributed by atoms with Gasteiger partial charge in [0.05, 0.1) is 12.6 Å². The maximum atomic E-state index is 13.4. The zero-order valence-electron chi connectivity index (χ0n) is 30.9. The molecule has 0 spiro atoms. The molecule has 0 saturated heterocycles. The van der Waals surface area contributed by atoms with Crippen LogP contribution >= 0.6 is 12.6 Å². The van der Waals surface area contributed by atoms with Gasteiger partial charge in [-0.15, -0.1) is 0 Å². The summed E-state index contributed by atoms with van der Waals surface area (Å²) < 4.78 is 0. The zero-order valence-corrected chi connectivity index (χ0v) is 31.8. The number of hydrogen-bond donors (Lipinski definition) is 12. The van der Waals surface area contributed by atoms with Crippen molar-refractivity contribution in [2.75, 3.05) is 18.8 Å². The summed E-state index contributed by atoms with van der Waals surface area (Å²) in [5.41, 5.74) is 11.0. The van der Waals surface area contributed by atoms with E-state index in [1.807, 2.05) is 0 Å². The quantitative estimate of drug-likeness (QED) is 0.0283. The summed E-state index contributed by atoms with van der Waals surface area (Å²) in [7, 11) is 0. The van der Waals surface area contributed by atoms with E-state index >= 15 is 0 Å². The second kappa shape index (κ2) is 25.9. The van der Waals surface area contributed by atoms with Crippen LogP contribution in [-0.4, -0.2) is 125 Å². The maximum Gasteiger partial charge on any atom is 0.303 e. The topological polar surface area (TPSA) is 347 Å². The molecule has 0 fully saturated rings. The van der Waals surface area contributed by atoms with Gasteiger partial charge in [-0.2, -0.15) is 12.6 Å². The minimum absolute atomic E-state index is 0.00421. The Morgan fingerprint density at radius 2 is 1.09 bits per heavy atom. The molecule has 0 bridgehead atoms. The highest BCUT2D eigenvalue weighted by atomic mass is 32.1. The standard InChI is InChI=1S/C32H55N9O12S/c1-16(2)13-22(31(52)39-20(8-10-25(44)45)29(50)36-14-24(34)43)40-30(51)21(9-11-26(46)47)38-27(48)17(3)37-32(53)23(15-54)41-28(49)19(33)7-5-6-12-35-18(4)42/h16-17,19-23,54H,5-15,33H2,1-4H3,(H2,34,43)(H,35,42)(H,36,50)(H,37,53)(H,38,48)(H,39,52)(H,40,51)(H,41,49)(H,44,45)(H,46,47)/t17-,19-,20-,21-,22-,23-/m0/s1. The van der Waals surface area contributed by atoms with Crippen LogP contribution in [0.4, 0.5) is 0 Å². The van der Waals surface area contributed by atoms with E-state index in [0.29, 0.717) is 19.4 Å². The molecule has 0 saturated carbocycles. The van der Waals surface area contributed by atoms with Crippen LogP contribution in [-0.2, 0) is 47.9 Å². The van der Waals surface area contributed by atoms with Gasteiger partial charge in [-0.25, -0.2) is 0 Å². The number of amides is 8. The Morgan fingerprint density at radius 3 is 1.59 bits per heavy atom. The van der Waals surface area contributed by atoms with E-state index in [0.717, 1.165) is 0 Å². The van der Waals surface area contributed by atoms with Crippen molar-refractivity contribution in [3.8, 4) is 0 Å². The Bertz CT molecular complexity index is 1350. The number of aliphatic carboxylic acids is 2. The van der Waals surface area contributed by atoms with Gasteiger partial charge in [-0.1, -0.05) is 13.8 Å². The lowest BCUT2D eigenvalue weighted by Crippen LogP contribution is -2.59. The molecule has 306 valence electrons. The Balaban J connectivity index is 5.73. The van der Waals surface area contributed by atoms with Gasteiger partial charge in [0.15, 0.2) is 0 Å². The van der Waals surface area contributed by atoms with E-state index in [9.17, 15) is 53.1 Å². The van der Waals surface area contributed by atoms with Gasteiger partial charge in [0, 0.05) is 32.1 Å². The first-order chi connectivity index (χ1) is 25.2. The largest absolute Gasteiger partial charge is 0.481 e. The molecule has 13 N–H and O–H groups in total. The highest BCUT2D eigenvalue weighted by Crippen LogP contribution is 2.09. The van der Waals surface area contributed by atoms with E-state index < -0.39 is 115 Å². The van der Waals surface area contributed by atoms with Gasteiger partial charge in [-0.3, -0.25) is 47.9 Å². The number of hydrogen-bond acceptors (Lipinski definition) is 12. The highest BCUT2D eigenvalue weighted by molar-refractivity contribution is 7.80. The summed E-state index contributed by atoms with van der Waals surface area (Å²) in [6.07, 6.45) is -0.569. The second-order valence-electron chi connectivity index (χ2n) is 12.9. The van der Waals surface area contributed by atoms with Crippen LogP contribution in [0.2, 0.25) is 0 Å². The predicted octanol–water partition coefficient (Wildman–Crippen LogP) is -3.63. The van der Waals surface area contributed by atoms with Crippen molar-refractivity contribution in [3.63, 3.8) is 0 Å². The third kappa shape index (κ3) is 21.5. The number of nitrogens with one attached hydrogen (secondary N) is 7. The summed E-state index contributed by atoms with van der Waals surface area (Å²) in [5, 5.41) is 35.2. The van der Waals surface area contributed by atoms with Crippen LogP contribution in [0.5, 0.6) is 0 Å².